The lowest BCUT2D eigenvalue weighted by atomic mass is 10.1. The van der Waals surface area contributed by atoms with E-state index >= 15 is 0 Å². The zero-order valence-corrected chi connectivity index (χ0v) is 8.31. The van der Waals surface area contributed by atoms with Crippen molar-refractivity contribution < 1.29 is 9.53 Å². The molecule has 0 aliphatic rings. The number of rotatable bonds is 5. The molecule has 74 valence electrons. The van der Waals surface area contributed by atoms with E-state index in [1.54, 1.807) is 14.0 Å². The highest BCUT2D eigenvalue weighted by molar-refractivity contribution is 6.18. The van der Waals surface area contributed by atoms with Gasteiger partial charge in [-0.15, -0.1) is 0 Å². The van der Waals surface area contributed by atoms with Crippen LogP contribution in [0.25, 0.3) is 0 Å². The minimum Gasteiger partial charge on any atom is -0.462 e. The van der Waals surface area contributed by atoms with Crippen LogP contribution in [0.4, 0.5) is 0 Å². The topological polar surface area (TPSA) is 62.2 Å². The highest BCUT2D eigenvalue weighted by Gasteiger charge is 2.13. The number of hydrogen-bond acceptors (Lipinski definition) is 4. The van der Waals surface area contributed by atoms with Gasteiger partial charge in [-0.3, -0.25) is 0 Å². The molecule has 0 spiro atoms. The summed E-state index contributed by atoms with van der Waals surface area (Å²) in [4.78, 5) is 11.3. The first-order valence-electron chi connectivity index (χ1n) is 4.29. The second kappa shape index (κ2) is 6.22. The standard InChI is InChI=1S/C9H16N2O2/c1-4-8(10)7(6-11-3)9(12)13-5-2/h6,10-11H,4-5H2,1-3H3/b7-6+,10-8?. The Morgan fingerprint density at radius 1 is 1.54 bits per heavy atom. The maximum atomic E-state index is 11.3. The molecule has 4 nitrogen and oxygen atoms in total. The summed E-state index contributed by atoms with van der Waals surface area (Å²) in [6, 6.07) is 0. The van der Waals surface area contributed by atoms with Crippen LogP contribution in [-0.2, 0) is 9.53 Å². The van der Waals surface area contributed by atoms with Crippen LogP contribution in [0.15, 0.2) is 11.8 Å². The van der Waals surface area contributed by atoms with Crippen LogP contribution in [0.3, 0.4) is 0 Å². The normalized spacial score (nSPS) is 10.8. The van der Waals surface area contributed by atoms with Crippen LogP contribution in [0.5, 0.6) is 0 Å². The van der Waals surface area contributed by atoms with Crippen molar-refractivity contribution in [3.05, 3.63) is 11.8 Å². The Morgan fingerprint density at radius 2 is 2.15 bits per heavy atom. The first kappa shape index (κ1) is 11.7. The van der Waals surface area contributed by atoms with Gasteiger partial charge in [0.1, 0.15) is 0 Å². The molecule has 0 saturated heterocycles. The third-order valence-electron chi connectivity index (χ3n) is 1.46. The van der Waals surface area contributed by atoms with E-state index in [9.17, 15) is 4.79 Å². The van der Waals surface area contributed by atoms with E-state index in [1.165, 1.54) is 6.20 Å². The van der Waals surface area contributed by atoms with Crippen molar-refractivity contribution in [1.29, 1.82) is 5.41 Å². The summed E-state index contributed by atoms with van der Waals surface area (Å²) in [6.07, 6.45) is 2.01. The van der Waals surface area contributed by atoms with Crippen molar-refractivity contribution >= 4 is 11.7 Å². The van der Waals surface area contributed by atoms with Gasteiger partial charge in [0.05, 0.1) is 12.2 Å². The zero-order chi connectivity index (χ0) is 10.3. The van der Waals surface area contributed by atoms with Gasteiger partial charge in [0, 0.05) is 19.0 Å². The van der Waals surface area contributed by atoms with Crippen molar-refractivity contribution in [1.82, 2.24) is 5.32 Å². The molecular weight excluding hydrogens is 168 g/mol. The van der Waals surface area contributed by atoms with Gasteiger partial charge in [-0.05, 0) is 13.3 Å². The molecule has 0 aromatic rings. The molecule has 0 fully saturated rings. The van der Waals surface area contributed by atoms with E-state index < -0.39 is 5.97 Å². The minimum atomic E-state index is -0.441. The molecule has 0 aliphatic carbocycles. The fourth-order valence-electron chi connectivity index (χ4n) is 0.813. The molecule has 4 heteroatoms. The molecule has 0 saturated carbocycles. The van der Waals surface area contributed by atoms with Crippen LogP contribution in [-0.4, -0.2) is 25.3 Å². The van der Waals surface area contributed by atoms with Crippen molar-refractivity contribution in [2.45, 2.75) is 20.3 Å². The predicted molar refractivity (Wildman–Crippen MR) is 51.8 cm³/mol. The van der Waals surface area contributed by atoms with Gasteiger partial charge in [-0.25, -0.2) is 4.79 Å². The van der Waals surface area contributed by atoms with Crippen LogP contribution in [0, 0.1) is 5.41 Å². The van der Waals surface area contributed by atoms with Crippen molar-refractivity contribution in [2.75, 3.05) is 13.7 Å². The van der Waals surface area contributed by atoms with Crippen LogP contribution in [0.1, 0.15) is 20.3 Å². The summed E-state index contributed by atoms with van der Waals surface area (Å²) < 4.78 is 4.79. The Hall–Kier alpha value is -1.32. The summed E-state index contributed by atoms with van der Waals surface area (Å²) >= 11 is 0. The Kier molecular flexibility index (Phi) is 5.59. The maximum absolute atomic E-state index is 11.3. The quantitative estimate of drug-likeness (QED) is 0.382. The summed E-state index contributed by atoms with van der Waals surface area (Å²) in [5, 5.41) is 10.2. The molecule has 2 N–H and O–H groups in total. The van der Waals surface area contributed by atoms with Crippen LogP contribution in [0.2, 0.25) is 0 Å². The predicted octanol–water partition coefficient (Wildman–Crippen LogP) is 1.08. The smallest absolute Gasteiger partial charge is 0.341 e. The average molecular weight is 184 g/mol. The summed E-state index contributed by atoms with van der Waals surface area (Å²) in [6.45, 7) is 3.90. The number of carbonyl (C=O) groups excluding carboxylic acids is 1. The van der Waals surface area contributed by atoms with E-state index in [1.807, 2.05) is 6.92 Å². The van der Waals surface area contributed by atoms with E-state index in [4.69, 9.17) is 10.1 Å². The number of ether oxygens (including phenoxy) is 1. The molecule has 0 rings (SSSR count). The van der Waals surface area contributed by atoms with Crippen molar-refractivity contribution in [3.8, 4) is 0 Å². The third-order valence-corrected chi connectivity index (χ3v) is 1.46. The lowest BCUT2D eigenvalue weighted by Crippen LogP contribution is -2.17. The third kappa shape index (κ3) is 3.73. The van der Waals surface area contributed by atoms with Gasteiger partial charge < -0.3 is 15.5 Å². The first-order valence-corrected chi connectivity index (χ1v) is 4.29. The Balaban J connectivity index is 4.52. The average Bonchev–Trinajstić information content (AvgIpc) is 2.13. The van der Waals surface area contributed by atoms with E-state index in [0.29, 0.717) is 18.6 Å². The second-order valence-electron chi connectivity index (χ2n) is 2.40. The number of carbonyl (C=O) groups is 1. The summed E-state index contributed by atoms with van der Waals surface area (Å²) in [7, 11) is 1.68. The fourth-order valence-corrected chi connectivity index (χ4v) is 0.813. The lowest BCUT2D eigenvalue weighted by Gasteiger charge is -2.06. The van der Waals surface area contributed by atoms with Gasteiger partial charge in [-0.1, -0.05) is 6.92 Å². The van der Waals surface area contributed by atoms with Crippen LogP contribution >= 0.6 is 0 Å². The number of esters is 1. The largest absolute Gasteiger partial charge is 0.462 e. The number of hydrogen-bond donors (Lipinski definition) is 2. The Morgan fingerprint density at radius 3 is 2.54 bits per heavy atom. The fraction of sp³-hybridized carbons (Fsp3) is 0.556. The first-order chi connectivity index (χ1) is 6.17. The molecule has 0 bridgehead atoms. The van der Waals surface area contributed by atoms with Gasteiger partial charge in [0.15, 0.2) is 0 Å². The van der Waals surface area contributed by atoms with E-state index in [0.717, 1.165) is 0 Å². The summed E-state index contributed by atoms with van der Waals surface area (Å²) in [5.41, 5.74) is 0.583. The Bertz CT molecular complexity index is 222. The zero-order valence-electron chi connectivity index (χ0n) is 8.31. The van der Waals surface area contributed by atoms with E-state index in [-0.39, 0.29) is 5.71 Å². The monoisotopic (exact) mass is 184 g/mol. The van der Waals surface area contributed by atoms with E-state index in [2.05, 4.69) is 5.32 Å². The molecule has 0 aliphatic heterocycles. The molecule has 0 aromatic heterocycles. The SMILES string of the molecule is CCOC(=O)/C(=C/NC)C(=N)CC. The van der Waals surface area contributed by atoms with Crippen molar-refractivity contribution in [2.24, 2.45) is 0 Å². The molecule has 0 amide bonds. The number of nitrogens with one attached hydrogen (secondary N) is 2. The van der Waals surface area contributed by atoms with Gasteiger partial charge >= 0.3 is 5.97 Å². The van der Waals surface area contributed by atoms with Crippen molar-refractivity contribution in [3.63, 3.8) is 0 Å². The lowest BCUT2D eigenvalue weighted by molar-refractivity contribution is -0.137. The molecule has 13 heavy (non-hydrogen) atoms. The summed E-state index contributed by atoms with van der Waals surface area (Å²) in [5.74, 6) is -0.441. The van der Waals surface area contributed by atoms with Gasteiger partial charge in [0.25, 0.3) is 0 Å². The molecule has 0 heterocycles. The molecule has 0 unspecified atom stereocenters. The minimum absolute atomic E-state index is 0.285. The maximum Gasteiger partial charge on any atom is 0.341 e. The molecule has 0 aromatic carbocycles. The highest BCUT2D eigenvalue weighted by Crippen LogP contribution is 2.02. The van der Waals surface area contributed by atoms with Gasteiger partial charge in [-0.2, -0.15) is 0 Å². The second-order valence-corrected chi connectivity index (χ2v) is 2.40. The highest BCUT2D eigenvalue weighted by atomic mass is 16.5. The molecule has 0 atom stereocenters. The Labute approximate surface area is 78.5 Å². The van der Waals surface area contributed by atoms with Crippen LogP contribution < -0.4 is 5.32 Å². The van der Waals surface area contributed by atoms with Gasteiger partial charge in [0.2, 0.25) is 0 Å². The molecular formula is C9H16N2O2. The molecule has 0 radical (unpaired) electrons.